The SMILES string of the molecule is CC1CC=NN1S(C)(=O)=O. The molecule has 1 atom stereocenters. The average molecular weight is 162 g/mol. The molecule has 10 heavy (non-hydrogen) atoms. The first-order chi connectivity index (χ1) is 4.52. The van der Waals surface area contributed by atoms with Gasteiger partial charge in [0.2, 0.25) is 10.0 Å². The Morgan fingerprint density at radius 1 is 1.70 bits per heavy atom. The van der Waals surface area contributed by atoms with Crippen molar-refractivity contribution in [3.05, 3.63) is 0 Å². The van der Waals surface area contributed by atoms with Crippen molar-refractivity contribution in [2.45, 2.75) is 19.4 Å². The molecular weight excluding hydrogens is 152 g/mol. The molecule has 0 amide bonds. The van der Waals surface area contributed by atoms with Crippen molar-refractivity contribution in [2.75, 3.05) is 6.26 Å². The quantitative estimate of drug-likeness (QED) is 0.546. The zero-order valence-electron chi connectivity index (χ0n) is 5.98. The van der Waals surface area contributed by atoms with Crippen molar-refractivity contribution >= 4 is 16.2 Å². The summed E-state index contributed by atoms with van der Waals surface area (Å²) in [6.45, 7) is 1.83. The Morgan fingerprint density at radius 3 is 2.50 bits per heavy atom. The van der Waals surface area contributed by atoms with Gasteiger partial charge in [-0.2, -0.15) is 9.52 Å². The van der Waals surface area contributed by atoms with E-state index in [1.54, 1.807) is 6.21 Å². The van der Waals surface area contributed by atoms with Crippen LogP contribution in [-0.2, 0) is 10.0 Å². The van der Waals surface area contributed by atoms with Crippen LogP contribution in [0.25, 0.3) is 0 Å². The van der Waals surface area contributed by atoms with Gasteiger partial charge in [-0.25, -0.2) is 8.42 Å². The lowest BCUT2D eigenvalue weighted by Crippen LogP contribution is -2.29. The minimum Gasteiger partial charge on any atom is -0.205 e. The molecule has 0 fully saturated rings. The smallest absolute Gasteiger partial charge is 0.205 e. The highest BCUT2D eigenvalue weighted by Crippen LogP contribution is 2.13. The second kappa shape index (κ2) is 2.23. The van der Waals surface area contributed by atoms with Gasteiger partial charge in [0.25, 0.3) is 0 Å². The molecule has 0 saturated carbocycles. The zero-order chi connectivity index (χ0) is 7.78. The predicted octanol–water partition coefficient (Wildman–Crippen LogP) is 0.0260. The monoisotopic (exact) mass is 162 g/mol. The second-order valence-electron chi connectivity index (χ2n) is 2.42. The standard InChI is InChI=1S/C5H10N2O2S/c1-5-3-4-6-7(5)10(2,8)9/h4-5H,3H2,1-2H3. The highest BCUT2D eigenvalue weighted by Gasteiger charge is 2.23. The largest absolute Gasteiger partial charge is 0.247 e. The lowest BCUT2D eigenvalue weighted by molar-refractivity contribution is 0.387. The molecule has 0 N–H and O–H groups in total. The van der Waals surface area contributed by atoms with E-state index in [4.69, 9.17) is 0 Å². The number of hydrogen-bond acceptors (Lipinski definition) is 3. The molecule has 0 radical (unpaired) electrons. The molecule has 0 spiro atoms. The molecule has 0 bridgehead atoms. The molecule has 1 unspecified atom stereocenters. The van der Waals surface area contributed by atoms with Crippen molar-refractivity contribution in [2.24, 2.45) is 5.10 Å². The number of hydrogen-bond donors (Lipinski definition) is 0. The Kier molecular flexibility index (Phi) is 1.68. The predicted molar refractivity (Wildman–Crippen MR) is 39.3 cm³/mol. The van der Waals surface area contributed by atoms with Crippen molar-refractivity contribution in [3.63, 3.8) is 0 Å². The van der Waals surface area contributed by atoms with Crippen LogP contribution in [0.3, 0.4) is 0 Å². The van der Waals surface area contributed by atoms with Crippen LogP contribution < -0.4 is 0 Å². The molecule has 58 valence electrons. The van der Waals surface area contributed by atoms with Crippen LogP contribution in [0.4, 0.5) is 0 Å². The first-order valence-electron chi connectivity index (χ1n) is 3.03. The van der Waals surface area contributed by atoms with E-state index in [1.807, 2.05) is 6.92 Å². The van der Waals surface area contributed by atoms with Crippen LogP contribution >= 0.6 is 0 Å². The van der Waals surface area contributed by atoms with Gasteiger partial charge in [0.15, 0.2) is 0 Å². The first-order valence-corrected chi connectivity index (χ1v) is 4.88. The summed E-state index contributed by atoms with van der Waals surface area (Å²) in [6, 6.07) is -0.00463. The van der Waals surface area contributed by atoms with E-state index in [1.165, 1.54) is 0 Å². The Labute approximate surface area is 60.6 Å². The van der Waals surface area contributed by atoms with Gasteiger partial charge < -0.3 is 0 Å². The summed E-state index contributed by atoms with van der Waals surface area (Å²) in [7, 11) is -3.12. The van der Waals surface area contributed by atoms with Crippen LogP contribution in [0.15, 0.2) is 5.10 Å². The minimum absolute atomic E-state index is 0.00463. The minimum atomic E-state index is -3.12. The summed E-state index contributed by atoms with van der Waals surface area (Å²) in [6.07, 6.45) is 3.49. The Bertz CT molecular complexity index is 244. The summed E-state index contributed by atoms with van der Waals surface area (Å²) in [5.41, 5.74) is 0. The van der Waals surface area contributed by atoms with Gasteiger partial charge in [-0.1, -0.05) is 0 Å². The van der Waals surface area contributed by atoms with E-state index in [-0.39, 0.29) is 6.04 Å². The van der Waals surface area contributed by atoms with Gasteiger partial charge in [-0.05, 0) is 6.92 Å². The normalized spacial score (nSPS) is 25.8. The Hall–Kier alpha value is -0.580. The summed E-state index contributed by atoms with van der Waals surface area (Å²) in [5.74, 6) is 0. The highest BCUT2D eigenvalue weighted by atomic mass is 32.2. The van der Waals surface area contributed by atoms with Crippen molar-refractivity contribution in [1.29, 1.82) is 0 Å². The van der Waals surface area contributed by atoms with E-state index in [9.17, 15) is 8.42 Å². The van der Waals surface area contributed by atoms with Crippen LogP contribution in [0.1, 0.15) is 13.3 Å². The van der Waals surface area contributed by atoms with Gasteiger partial charge in [0, 0.05) is 12.6 Å². The molecule has 0 aromatic rings. The third-order valence-electron chi connectivity index (χ3n) is 1.36. The molecule has 1 aliphatic heterocycles. The number of hydrazone groups is 1. The maximum atomic E-state index is 10.9. The Morgan fingerprint density at radius 2 is 2.30 bits per heavy atom. The molecule has 0 aromatic carbocycles. The second-order valence-corrected chi connectivity index (χ2v) is 4.26. The Balaban J connectivity index is 2.84. The zero-order valence-corrected chi connectivity index (χ0v) is 6.80. The van der Waals surface area contributed by atoms with Gasteiger partial charge >= 0.3 is 0 Å². The highest BCUT2D eigenvalue weighted by molar-refractivity contribution is 7.88. The van der Waals surface area contributed by atoms with Crippen molar-refractivity contribution < 1.29 is 8.42 Å². The molecule has 1 rings (SSSR count). The van der Waals surface area contributed by atoms with Crippen molar-refractivity contribution in [3.8, 4) is 0 Å². The van der Waals surface area contributed by atoms with E-state index < -0.39 is 10.0 Å². The molecule has 4 nitrogen and oxygen atoms in total. The molecule has 1 aliphatic rings. The molecular formula is C5H10N2O2S. The maximum absolute atomic E-state index is 10.9. The van der Waals surface area contributed by atoms with Gasteiger partial charge in [0.05, 0.1) is 12.3 Å². The molecule has 0 saturated heterocycles. The third kappa shape index (κ3) is 1.29. The van der Waals surface area contributed by atoms with Crippen LogP contribution in [0, 0.1) is 0 Å². The molecule has 1 heterocycles. The summed E-state index contributed by atoms with van der Waals surface area (Å²) < 4.78 is 22.8. The number of sulfonamides is 1. The summed E-state index contributed by atoms with van der Waals surface area (Å²) in [5, 5.41) is 3.71. The van der Waals surface area contributed by atoms with Crippen molar-refractivity contribution in [1.82, 2.24) is 4.41 Å². The maximum Gasteiger partial charge on any atom is 0.247 e. The lowest BCUT2D eigenvalue weighted by atomic mass is 10.3. The number of rotatable bonds is 1. The van der Waals surface area contributed by atoms with E-state index in [0.717, 1.165) is 10.7 Å². The fraction of sp³-hybridized carbons (Fsp3) is 0.800. The fourth-order valence-electron chi connectivity index (χ4n) is 0.897. The van der Waals surface area contributed by atoms with Gasteiger partial charge in [0.1, 0.15) is 0 Å². The van der Waals surface area contributed by atoms with Crippen LogP contribution in [-0.4, -0.2) is 31.3 Å². The van der Waals surface area contributed by atoms with E-state index in [2.05, 4.69) is 5.10 Å². The summed E-state index contributed by atoms with van der Waals surface area (Å²) in [4.78, 5) is 0. The number of nitrogens with zero attached hydrogens (tertiary/aromatic N) is 2. The third-order valence-corrected chi connectivity index (χ3v) is 2.49. The lowest BCUT2D eigenvalue weighted by Gasteiger charge is -2.16. The molecule has 5 heteroatoms. The molecule has 0 aliphatic carbocycles. The van der Waals surface area contributed by atoms with Gasteiger partial charge in [-0.3, -0.25) is 0 Å². The van der Waals surface area contributed by atoms with Crippen LogP contribution in [0.5, 0.6) is 0 Å². The fourth-order valence-corrected chi connectivity index (χ4v) is 1.87. The van der Waals surface area contributed by atoms with Gasteiger partial charge in [-0.15, -0.1) is 0 Å². The van der Waals surface area contributed by atoms with Crippen LogP contribution in [0.2, 0.25) is 0 Å². The van der Waals surface area contributed by atoms with E-state index in [0.29, 0.717) is 6.42 Å². The topological polar surface area (TPSA) is 49.7 Å². The first kappa shape index (κ1) is 7.53. The summed E-state index contributed by atoms with van der Waals surface area (Å²) >= 11 is 0. The average Bonchev–Trinajstić information content (AvgIpc) is 2.11. The van der Waals surface area contributed by atoms with E-state index >= 15 is 0 Å². The molecule has 0 aromatic heterocycles.